The van der Waals surface area contributed by atoms with E-state index in [1.54, 1.807) is 0 Å². The highest BCUT2D eigenvalue weighted by Crippen LogP contribution is 1.94. The van der Waals surface area contributed by atoms with Crippen LogP contribution in [0.3, 0.4) is 0 Å². The standard InChI is InChI=1S/C7H9P.C6H4O2/c1-6-2-4-7(8)5-3-6;7-5-1-2-6(8)4-3-5/h2-5H,8H2,1H3;1-4H. The Balaban J connectivity index is 0.000000160. The quantitative estimate of drug-likeness (QED) is 0.504. The lowest BCUT2D eigenvalue weighted by Crippen LogP contribution is -1.97. The van der Waals surface area contributed by atoms with Crippen LogP contribution in [-0.4, -0.2) is 11.6 Å². The molecule has 3 heteroatoms. The molecule has 0 spiro atoms. The molecule has 0 saturated heterocycles. The number of rotatable bonds is 0. The molecule has 0 amide bonds. The van der Waals surface area contributed by atoms with Crippen molar-refractivity contribution in [2.75, 3.05) is 0 Å². The number of ketones is 2. The van der Waals surface area contributed by atoms with E-state index >= 15 is 0 Å². The van der Waals surface area contributed by atoms with Crippen molar-refractivity contribution in [1.29, 1.82) is 0 Å². The maximum atomic E-state index is 10.3. The van der Waals surface area contributed by atoms with Crippen LogP contribution in [0.2, 0.25) is 0 Å². The molecule has 1 atom stereocenters. The molecule has 2 rings (SSSR count). The summed E-state index contributed by atoms with van der Waals surface area (Å²) in [6, 6.07) is 8.37. The normalized spacial score (nSPS) is 13.4. The van der Waals surface area contributed by atoms with Crippen LogP contribution in [0, 0.1) is 6.92 Å². The molecule has 1 aromatic rings. The molecule has 0 aromatic heterocycles. The number of aryl methyl sites for hydroxylation is 1. The van der Waals surface area contributed by atoms with E-state index in [1.807, 2.05) is 0 Å². The average molecular weight is 232 g/mol. The lowest BCUT2D eigenvalue weighted by Gasteiger charge is -1.89. The van der Waals surface area contributed by atoms with Crippen LogP contribution in [0.5, 0.6) is 0 Å². The van der Waals surface area contributed by atoms with E-state index in [0.29, 0.717) is 0 Å². The van der Waals surface area contributed by atoms with Crippen molar-refractivity contribution in [2.24, 2.45) is 0 Å². The predicted molar refractivity (Wildman–Crippen MR) is 68.8 cm³/mol. The van der Waals surface area contributed by atoms with E-state index in [2.05, 4.69) is 40.4 Å². The first-order chi connectivity index (χ1) is 7.58. The summed E-state index contributed by atoms with van der Waals surface area (Å²) in [6.45, 7) is 2.09. The average Bonchev–Trinajstić information content (AvgIpc) is 2.28. The van der Waals surface area contributed by atoms with Crippen molar-refractivity contribution < 1.29 is 9.59 Å². The Labute approximate surface area is 97.3 Å². The number of hydrogen-bond acceptors (Lipinski definition) is 2. The summed E-state index contributed by atoms with van der Waals surface area (Å²) in [6.07, 6.45) is 5.01. The van der Waals surface area contributed by atoms with E-state index in [4.69, 9.17) is 0 Å². The van der Waals surface area contributed by atoms with E-state index in [1.165, 1.54) is 35.2 Å². The van der Waals surface area contributed by atoms with Crippen molar-refractivity contribution in [3.63, 3.8) is 0 Å². The van der Waals surface area contributed by atoms with Gasteiger partial charge >= 0.3 is 0 Å². The van der Waals surface area contributed by atoms with Crippen molar-refractivity contribution in [1.82, 2.24) is 0 Å². The van der Waals surface area contributed by atoms with Crippen LogP contribution in [0.4, 0.5) is 0 Å². The number of carbonyl (C=O) groups excluding carboxylic acids is 2. The van der Waals surface area contributed by atoms with Crippen LogP contribution in [-0.2, 0) is 9.59 Å². The highest BCUT2D eigenvalue weighted by Gasteiger charge is 1.97. The summed E-state index contributed by atoms with van der Waals surface area (Å²) in [5.74, 6) is -0.241. The molecule has 0 saturated carbocycles. The highest BCUT2D eigenvalue weighted by atomic mass is 31.0. The minimum Gasteiger partial charge on any atom is -0.290 e. The smallest absolute Gasteiger partial charge is 0.178 e. The van der Waals surface area contributed by atoms with Gasteiger partial charge in [0.05, 0.1) is 0 Å². The topological polar surface area (TPSA) is 34.1 Å². The van der Waals surface area contributed by atoms with Crippen molar-refractivity contribution in [3.05, 3.63) is 54.1 Å². The highest BCUT2D eigenvalue weighted by molar-refractivity contribution is 7.27. The number of carbonyl (C=O) groups is 2. The molecule has 1 unspecified atom stereocenters. The van der Waals surface area contributed by atoms with Gasteiger partial charge in [-0.15, -0.1) is 9.24 Å². The number of benzene rings is 1. The number of hydrogen-bond donors (Lipinski definition) is 0. The molecule has 1 aromatic carbocycles. The van der Waals surface area contributed by atoms with Gasteiger partial charge in [0.1, 0.15) is 0 Å². The third kappa shape index (κ3) is 4.81. The second-order valence-corrected chi connectivity index (χ2v) is 4.05. The minimum absolute atomic E-state index is 0.121. The summed E-state index contributed by atoms with van der Waals surface area (Å²) < 4.78 is 0. The van der Waals surface area contributed by atoms with Gasteiger partial charge in [0.15, 0.2) is 11.6 Å². The van der Waals surface area contributed by atoms with Gasteiger partial charge in [0.2, 0.25) is 0 Å². The maximum Gasteiger partial charge on any atom is 0.178 e. The second kappa shape index (κ2) is 6.14. The van der Waals surface area contributed by atoms with Gasteiger partial charge in [-0.05, 0) is 36.5 Å². The van der Waals surface area contributed by atoms with Crippen LogP contribution < -0.4 is 5.30 Å². The molecule has 16 heavy (non-hydrogen) atoms. The fourth-order valence-corrected chi connectivity index (χ4v) is 1.20. The van der Waals surface area contributed by atoms with Crippen LogP contribution in [0.1, 0.15) is 5.56 Å². The maximum absolute atomic E-state index is 10.3. The van der Waals surface area contributed by atoms with Crippen molar-refractivity contribution in [2.45, 2.75) is 6.92 Å². The Hall–Kier alpha value is -1.53. The summed E-state index contributed by atoms with van der Waals surface area (Å²) in [4.78, 5) is 20.6. The number of allylic oxidation sites excluding steroid dienone is 4. The summed E-state index contributed by atoms with van der Waals surface area (Å²) in [5, 5.41) is 1.25. The first-order valence-corrected chi connectivity index (χ1v) is 5.42. The van der Waals surface area contributed by atoms with Gasteiger partial charge in [0.25, 0.3) is 0 Å². The molecular weight excluding hydrogens is 219 g/mol. The van der Waals surface area contributed by atoms with E-state index < -0.39 is 0 Å². The molecule has 1 aliphatic rings. The van der Waals surface area contributed by atoms with Crippen molar-refractivity contribution >= 4 is 26.1 Å². The Bertz CT molecular complexity index is 383. The third-order valence-corrected chi connectivity index (χ3v) is 2.29. The lowest BCUT2D eigenvalue weighted by atomic mass is 10.2. The van der Waals surface area contributed by atoms with Crippen molar-refractivity contribution in [3.8, 4) is 0 Å². The largest absolute Gasteiger partial charge is 0.290 e. The molecule has 0 heterocycles. The van der Waals surface area contributed by atoms with Crippen LogP contribution >= 0.6 is 9.24 Å². The zero-order valence-electron chi connectivity index (χ0n) is 9.01. The SMILES string of the molecule is Cc1ccc(P)cc1.O=C1C=CC(=O)C=C1. The molecule has 0 fully saturated rings. The first kappa shape index (κ1) is 12.5. The van der Waals surface area contributed by atoms with Gasteiger partial charge in [-0.25, -0.2) is 0 Å². The Morgan fingerprint density at radius 1 is 0.812 bits per heavy atom. The van der Waals surface area contributed by atoms with Crippen LogP contribution in [0.15, 0.2) is 48.6 Å². The van der Waals surface area contributed by atoms with Crippen LogP contribution in [0.25, 0.3) is 0 Å². The van der Waals surface area contributed by atoms with Gasteiger partial charge in [-0.3, -0.25) is 9.59 Å². The Morgan fingerprint density at radius 3 is 1.50 bits per heavy atom. The lowest BCUT2D eigenvalue weighted by molar-refractivity contribution is -0.113. The fraction of sp³-hybridized carbons (Fsp3) is 0.0769. The van der Waals surface area contributed by atoms with Gasteiger partial charge in [-0.1, -0.05) is 29.8 Å². The molecule has 82 valence electrons. The molecule has 2 nitrogen and oxygen atoms in total. The molecule has 0 N–H and O–H groups in total. The Kier molecular flexibility index (Phi) is 4.81. The molecule has 0 radical (unpaired) electrons. The van der Waals surface area contributed by atoms with Gasteiger partial charge in [0, 0.05) is 0 Å². The molecule has 0 aliphatic heterocycles. The first-order valence-electron chi connectivity index (χ1n) is 4.84. The van der Waals surface area contributed by atoms with Gasteiger partial charge < -0.3 is 0 Å². The zero-order valence-corrected chi connectivity index (χ0v) is 10.2. The zero-order chi connectivity index (χ0) is 12.0. The summed E-state index contributed by atoms with van der Waals surface area (Å²) in [5.41, 5.74) is 1.32. The van der Waals surface area contributed by atoms with E-state index in [9.17, 15) is 9.59 Å². The molecular formula is C13H13O2P. The monoisotopic (exact) mass is 232 g/mol. The van der Waals surface area contributed by atoms with E-state index in [0.717, 1.165) is 0 Å². The molecule has 0 bridgehead atoms. The predicted octanol–water partition coefficient (Wildman–Crippen LogP) is 1.75. The Morgan fingerprint density at radius 2 is 1.19 bits per heavy atom. The third-order valence-electron chi connectivity index (χ3n) is 1.90. The fourth-order valence-electron chi connectivity index (χ4n) is 1.01. The molecule has 1 aliphatic carbocycles. The summed E-state index contributed by atoms with van der Waals surface area (Å²) in [7, 11) is 2.65. The van der Waals surface area contributed by atoms with Gasteiger partial charge in [-0.2, -0.15) is 0 Å². The second-order valence-electron chi connectivity index (χ2n) is 3.38. The van der Waals surface area contributed by atoms with E-state index in [-0.39, 0.29) is 11.6 Å². The summed E-state index contributed by atoms with van der Waals surface area (Å²) >= 11 is 0. The minimum atomic E-state index is -0.121.